The third kappa shape index (κ3) is 11.1. The van der Waals surface area contributed by atoms with Crippen molar-refractivity contribution < 1.29 is 53.6 Å². The van der Waals surface area contributed by atoms with Crippen molar-refractivity contribution in [2.45, 2.75) is 173 Å². The third-order valence-electron chi connectivity index (χ3n) is 11.7. The van der Waals surface area contributed by atoms with E-state index in [0.29, 0.717) is 38.9 Å². The van der Waals surface area contributed by atoms with Gasteiger partial charge in [-0.2, -0.15) is 0 Å². The second-order valence-corrected chi connectivity index (χ2v) is 17.0. The van der Waals surface area contributed by atoms with Gasteiger partial charge in [0.25, 0.3) is 0 Å². The average molecular weight is 748 g/mol. The highest BCUT2D eigenvalue weighted by Crippen LogP contribution is 2.40. The molecule has 3 fully saturated rings. The highest BCUT2D eigenvalue weighted by Gasteiger charge is 2.52. The van der Waals surface area contributed by atoms with Crippen LogP contribution in [-0.4, -0.2) is 162 Å². The lowest BCUT2D eigenvalue weighted by Crippen LogP contribution is -2.61. The molecule has 0 amide bonds. The molecule has 3 aliphatic heterocycles. The zero-order valence-electron chi connectivity index (χ0n) is 34.0. The minimum absolute atomic E-state index is 0.0821. The molecule has 0 spiro atoms. The molecule has 0 aromatic rings. The minimum Gasteiger partial charge on any atom is -0.459 e. The topological polar surface area (TPSA) is 186 Å². The van der Waals surface area contributed by atoms with Crippen molar-refractivity contribution in [2.24, 2.45) is 23.5 Å². The number of hydrogen-bond acceptors (Lipinski definition) is 14. The molecular formula is C38H73N3O11. The van der Waals surface area contributed by atoms with Gasteiger partial charge >= 0.3 is 5.97 Å². The van der Waals surface area contributed by atoms with E-state index in [-0.39, 0.29) is 37.5 Å². The van der Waals surface area contributed by atoms with E-state index in [9.17, 15) is 25.2 Å². The fraction of sp³-hybridized carbons (Fsp3) is 0.974. The molecule has 2 unspecified atom stereocenters. The zero-order valence-corrected chi connectivity index (χ0v) is 34.0. The number of carbonyl (C=O) groups is 1. The number of ether oxygens (including phenoxy) is 6. The van der Waals surface area contributed by atoms with Crippen molar-refractivity contribution in [3.8, 4) is 0 Å². The van der Waals surface area contributed by atoms with Gasteiger partial charge in [-0.05, 0) is 100 Å². The molecule has 14 nitrogen and oxygen atoms in total. The number of esters is 1. The maximum Gasteiger partial charge on any atom is 0.311 e. The van der Waals surface area contributed by atoms with Crippen molar-refractivity contribution in [2.75, 3.05) is 47.4 Å². The summed E-state index contributed by atoms with van der Waals surface area (Å²) in [5.41, 5.74) is 1.99. The first-order valence-corrected chi connectivity index (χ1v) is 19.4. The van der Waals surface area contributed by atoms with E-state index in [4.69, 9.17) is 34.2 Å². The van der Waals surface area contributed by atoms with Crippen LogP contribution in [0.25, 0.3) is 0 Å². The smallest absolute Gasteiger partial charge is 0.311 e. The van der Waals surface area contributed by atoms with Crippen LogP contribution in [0.15, 0.2) is 0 Å². The Morgan fingerprint density at radius 1 is 1.00 bits per heavy atom. The van der Waals surface area contributed by atoms with Crippen molar-refractivity contribution in [3.63, 3.8) is 0 Å². The van der Waals surface area contributed by atoms with Crippen LogP contribution in [0.3, 0.4) is 0 Å². The molecule has 14 heteroatoms. The van der Waals surface area contributed by atoms with Crippen molar-refractivity contribution in [3.05, 3.63) is 0 Å². The second-order valence-electron chi connectivity index (χ2n) is 17.0. The van der Waals surface area contributed by atoms with E-state index < -0.39 is 83.8 Å². The number of nitrogens with two attached hydrogens (primary N) is 1. The molecule has 0 saturated carbocycles. The van der Waals surface area contributed by atoms with E-state index in [1.54, 1.807) is 34.6 Å². The lowest BCUT2D eigenvalue weighted by atomic mass is 9.77. The molecule has 3 aliphatic rings. The number of cyclic esters (lactones) is 1. The summed E-state index contributed by atoms with van der Waals surface area (Å²) < 4.78 is 37.7. The van der Waals surface area contributed by atoms with E-state index in [0.717, 1.165) is 0 Å². The van der Waals surface area contributed by atoms with Crippen molar-refractivity contribution in [1.82, 2.24) is 9.80 Å². The minimum atomic E-state index is -1.52. The Morgan fingerprint density at radius 2 is 1.65 bits per heavy atom. The van der Waals surface area contributed by atoms with Gasteiger partial charge in [-0.15, -0.1) is 0 Å². The van der Waals surface area contributed by atoms with Crippen LogP contribution in [0, 0.1) is 17.8 Å². The Balaban J connectivity index is 2.14. The molecule has 16 atom stereocenters. The molecular weight excluding hydrogens is 674 g/mol. The van der Waals surface area contributed by atoms with Crippen LogP contribution in [0.5, 0.6) is 0 Å². The van der Waals surface area contributed by atoms with E-state index >= 15 is 0 Å². The van der Waals surface area contributed by atoms with Crippen LogP contribution in [-0.2, 0) is 33.2 Å². The molecule has 3 rings (SSSR count). The van der Waals surface area contributed by atoms with Crippen LogP contribution in [0.2, 0.25) is 0 Å². The summed E-state index contributed by atoms with van der Waals surface area (Å²) in [6.45, 7) is 18.2. The molecule has 0 bridgehead atoms. The van der Waals surface area contributed by atoms with Crippen molar-refractivity contribution >= 4 is 5.97 Å². The predicted octanol–water partition coefficient (Wildman–Crippen LogP) is 1.87. The fourth-order valence-electron chi connectivity index (χ4n) is 8.74. The predicted molar refractivity (Wildman–Crippen MR) is 196 cm³/mol. The lowest BCUT2D eigenvalue weighted by Gasteiger charge is -2.49. The molecule has 306 valence electrons. The molecule has 0 aliphatic carbocycles. The number of hydrogen-bond donors (Lipinski definition) is 5. The number of aliphatic hydroxyl groups is 4. The average Bonchev–Trinajstić information content (AvgIpc) is 3.05. The van der Waals surface area contributed by atoms with Gasteiger partial charge in [-0.3, -0.25) is 4.79 Å². The second kappa shape index (κ2) is 18.8. The molecule has 3 saturated heterocycles. The first-order valence-electron chi connectivity index (χ1n) is 19.4. The van der Waals surface area contributed by atoms with Crippen LogP contribution in [0.1, 0.15) is 94.4 Å². The normalized spacial score (nSPS) is 46.5. The summed E-state index contributed by atoms with van der Waals surface area (Å²) in [6, 6.07) is -0.252. The Labute approximate surface area is 312 Å². The highest BCUT2D eigenvalue weighted by atomic mass is 16.7. The van der Waals surface area contributed by atoms with Gasteiger partial charge in [-0.1, -0.05) is 20.8 Å². The summed E-state index contributed by atoms with van der Waals surface area (Å²) in [5, 5.41) is 46.8. The number of methoxy groups -OCH3 is 1. The van der Waals surface area contributed by atoms with E-state index in [1.165, 1.54) is 7.11 Å². The largest absolute Gasteiger partial charge is 0.459 e. The third-order valence-corrected chi connectivity index (χ3v) is 11.7. The summed E-state index contributed by atoms with van der Waals surface area (Å²) in [5.74, 6) is -2.30. The number of likely N-dealkylation sites (N-methyl/N-ethyl adjacent to an activating group) is 1. The van der Waals surface area contributed by atoms with Crippen LogP contribution in [0.4, 0.5) is 0 Å². The number of rotatable bonds is 10. The molecule has 0 radical (unpaired) electrons. The standard InChI is InChI=1S/C38H73N3O11/c1-13-28-37(8,46)21-41(16-14-15-39)20-22(2)18-36(7,45)33(52-35-30(42)27(40(10)11)17-23(3)48-35)24(4)31(25(5)34(44)50-28)51-29-19-38(9,47-12)32(43)26(6)49-29/h22-33,35,42-43,45-46H,13-21,39H2,1-12H3/t22-,23-,24+,25-,26+,27+,28?,29+,30-,31?,32+,33-,35+,36-,37+,38-/m1/s1. The maximum absolute atomic E-state index is 14.2. The first-order chi connectivity index (χ1) is 24.1. The number of β-amino-alcohol motifs (C(OH)–C–C–N with tert-alkyl or cyclic N) is 1. The zero-order chi connectivity index (χ0) is 39.3. The van der Waals surface area contributed by atoms with Gasteiger partial charge in [0.2, 0.25) is 0 Å². The van der Waals surface area contributed by atoms with Crippen LogP contribution >= 0.6 is 0 Å². The summed E-state index contributed by atoms with van der Waals surface area (Å²) in [7, 11) is 5.32. The molecule has 0 aromatic heterocycles. The highest BCUT2D eigenvalue weighted by molar-refractivity contribution is 5.73. The molecule has 52 heavy (non-hydrogen) atoms. The van der Waals surface area contributed by atoms with Gasteiger partial charge < -0.3 is 64.4 Å². The summed E-state index contributed by atoms with van der Waals surface area (Å²) >= 11 is 0. The molecule has 0 aromatic carbocycles. The Hall–Kier alpha value is -1.01. The number of aliphatic hydroxyl groups excluding tert-OH is 2. The van der Waals surface area contributed by atoms with Crippen LogP contribution < -0.4 is 5.73 Å². The molecule has 6 N–H and O–H groups in total. The monoisotopic (exact) mass is 748 g/mol. The number of carbonyl (C=O) groups excluding carboxylic acids is 1. The van der Waals surface area contributed by atoms with E-state index in [1.807, 2.05) is 46.7 Å². The lowest BCUT2D eigenvalue weighted by molar-refractivity contribution is -0.318. The van der Waals surface area contributed by atoms with E-state index in [2.05, 4.69) is 4.90 Å². The van der Waals surface area contributed by atoms with Gasteiger partial charge in [0.1, 0.15) is 23.9 Å². The fourth-order valence-corrected chi connectivity index (χ4v) is 8.74. The Kier molecular flexibility index (Phi) is 16.4. The quantitative estimate of drug-likeness (QED) is 0.204. The SMILES string of the molecule is CCC1OC(=O)[C@H](C)C(O[C@H]2C[C@@](C)(OC)[C@@H](O)[C@H](C)O2)[C@H](C)[C@@H](O[C@@H]2O[C@H](C)C[C@H](N(C)C)[C@H]2O)[C@](C)(O)C[C@@H](C)CN(CCCN)C[C@]1(C)O. The number of nitrogens with zero attached hydrogens (tertiary/aromatic N) is 2. The summed E-state index contributed by atoms with van der Waals surface area (Å²) in [6.07, 6.45) is -5.45. The summed E-state index contributed by atoms with van der Waals surface area (Å²) in [4.78, 5) is 18.3. The first kappa shape index (κ1) is 45.4. The van der Waals surface area contributed by atoms with Gasteiger partial charge in [-0.25, -0.2) is 0 Å². The van der Waals surface area contributed by atoms with Gasteiger partial charge in [0, 0.05) is 38.6 Å². The Bertz CT molecular complexity index is 1110. The van der Waals surface area contributed by atoms with Gasteiger partial charge in [0.05, 0.1) is 41.5 Å². The van der Waals surface area contributed by atoms with Gasteiger partial charge in [0.15, 0.2) is 12.6 Å². The molecule has 3 heterocycles. The Morgan fingerprint density at radius 3 is 2.23 bits per heavy atom. The maximum atomic E-state index is 14.2. The van der Waals surface area contributed by atoms with Crippen molar-refractivity contribution in [1.29, 1.82) is 0 Å².